The minimum Gasteiger partial charge on any atom is -0.356 e. The number of rotatable bonds is 5. The van der Waals surface area contributed by atoms with Crippen LogP contribution in [0.4, 0.5) is 0 Å². The molecule has 1 N–H and O–H groups in total. The summed E-state index contributed by atoms with van der Waals surface area (Å²) in [6.45, 7) is 1.88. The van der Waals surface area contributed by atoms with Gasteiger partial charge in [0.05, 0.1) is 6.42 Å². The van der Waals surface area contributed by atoms with E-state index in [1.165, 1.54) is 6.92 Å². The molecule has 0 rings (SSSR count). The van der Waals surface area contributed by atoms with Gasteiger partial charge in [-0.15, -0.1) is 0 Å². The van der Waals surface area contributed by atoms with E-state index < -0.39 is 0 Å². The summed E-state index contributed by atoms with van der Waals surface area (Å²) >= 11 is 1.06. The van der Waals surface area contributed by atoms with Crippen LogP contribution in [-0.2, 0) is 14.4 Å². The Hall–Kier alpha value is -0.840. The van der Waals surface area contributed by atoms with Crippen LogP contribution in [0.1, 0.15) is 13.3 Å². The maximum Gasteiger partial charge on any atom is 0.216 e. The van der Waals surface area contributed by atoms with Gasteiger partial charge >= 0.3 is 0 Å². The summed E-state index contributed by atoms with van der Waals surface area (Å²) in [7, 11) is 0. The summed E-state index contributed by atoms with van der Waals surface area (Å²) in [4.78, 5) is 30.9. The lowest BCUT2D eigenvalue weighted by molar-refractivity contribution is -0.119. The van der Waals surface area contributed by atoms with Gasteiger partial charge in [-0.05, 0) is 0 Å². The molecule has 68 valence electrons. The summed E-state index contributed by atoms with van der Waals surface area (Å²) < 4.78 is 0. The molecular weight excluding hydrogens is 178 g/mol. The molecule has 0 aromatic heterocycles. The van der Waals surface area contributed by atoms with E-state index in [4.69, 9.17) is 0 Å². The van der Waals surface area contributed by atoms with Crippen molar-refractivity contribution in [3.8, 4) is 0 Å². The van der Waals surface area contributed by atoms with Gasteiger partial charge in [-0.1, -0.05) is 11.8 Å². The highest BCUT2D eigenvalue weighted by Gasteiger charge is 2.00. The molecule has 0 bridgehead atoms. The summed E-state index contributed by atoms with van der Waals surface area (Å²) in [5.74, 6) is 0.408. The summed E-state index contributed by atoms with van der Waals surface area (Å²) in [6.07, 6.45) is 0.526. The first kappa shape index (κ1) is 11.2. The first-order valence-electron chi connectivity index (χ1n) is 3.50. The Morgan fingerprint density at radius 2 is 2.17 bits per heavy atom. The van der Waals surface area contributed by atoms with Gasteiger partial charge in [0, 0.05) is 19.2 Å². The standard InChI is InChI=1S/C7H11NO3S/c1-6(10)8-3-5-12-7(11)2-4-9/h4H,2-3,5H2,1H3,(H,8,10). The van der Waals surface area contributed by atoms with Crippen molar-refractivity contribution in [3.05, 3.63) is 0 Å². The molecule has 0 unspecified atom stereocenters. The number of hydrogen-bond donors (Lipinski definition) is 1. The van der Waals surface area contributed by atoms with Crippen molar-refractivity contribution in [1.29, 1.82) is 0 Å². The lowest BCUT2D eigenvalue weighted by Gasteiger charge is -1.98. The molecule has 0 aliphatic carbocycles. The zero-order chi connectivity index (χ0) is 9.40. The highest BCUT2D eigenvalue weighted by molar-refractivity contribution is 8.13. The molecule has 0 fully saturated rings. The average molecular weight is 189 g/mol. The Balaban J connectivity index is 3.25. The van der Waals surface area contributed by atoms with E-state index in [-0.39, 0.29) is 17.4 Å². The van der Waals surface area contributed by atoms with Crippen LogP contribution in [-0.4, -0.2) is 29.6 Å². The molecule has 0 heterocycles. The maximum atomic E-state index is 10.7. The fraction of sp³-hybridized carbons (Fsp3) is 0.571. The molecule has 1 amide bonds. The van der Waals surface area contributed by atoms with E-state index in [2.05, 4.69) is 5.32 Å². The molecule has 0 spiro atoms. The van der Waals surface area contributed by atoms with Gasteiger partial charge in [-0.3, -0.25) is 9.59 Å². The van der Waals surface area contributed by atoms with Crippen LogP contribution in [0.3, 0.4) is 0 Å². The number of nitrogens with one attached hydrogen (secondary N) is 1. The third-order valence-electron chi connectivity index (χ3n) is 0.989. The fourth-order valence-corrected chi connectivity index (χ4v) is 1.14. The predicted molar refractivity (Wildman–Crippen MR) is 46.8 cm³/mol. The predicted octanol–water partition coefficient (Wildman–Crippen LogP) is -0.0287. The van der Waals surface area contributed by atoms with Gasteiger partial charge in [0.2, 0.25) is 5.91 Å². The number of carbonyl (C=O) groups is 3. The second-order valence-corrected chi connectivity index (χ2v) is 3.23. The molecule has 0 saturated carbocycles. The van der Waals surface area contributed by atoms with E-state index in [1.807, 2.05) is 0 Å². The smallest absolute Gasteiger partial charge is 0.216 e. The number of hydrogen-bond acceptors (Lipinski definition) is 4. The van der Waals surface area contributed by atoms with Gasteiger partial charge in [-0.25, -0.2) is 0 Å². The molecule has 0 aromatic rings. The van der Waals surface area contributed by atoms with Crippen LogP contribution in [0.25, 0.3) is 0 Å². The first-order valence-corrected chi connectivity index (χ1v) is 4.49. The number of carbonyl (C=O) groups excluding carboxylic acids is 3. The fourth-order valence-electron chi connectivity index (χ4n) is 0.519. The van der Waals surface area contributed by atoms with Crippen molar-refractivity contribution in [2.45, 2.75) is 13.3 Å². The van der Waals surface area contributed by atoms with Crippen LogP contribution in [0, 0.1) is 0 Å². The van der Waals surface area contributed by atoms with E-state index >= 15 is 0 Å². The van der Waals surface area contributed by atoms with Crippen molar-refractivity contribution in [1.82, 2.24) is 5.32 Å². The van der Waals surface area contributed by atoms with Crippen LogP contribution in [0.5, 0.6) is 0 Å². The lowest BCUT2D eigenvalue weighted by Crippen LogP contribution is -2.22. The Kier molecular flexibility index (Phi) is 6.37. The average Bonchev–Trinajstić information content (AvgIpc) is 1.98. The SMILES string of the molecule is CC(=O)NCCSC(=O)CC=O. The van der Waals surface area contributed by atoms with Gasteiger partial charge in [0.25, 0.3) is 0 Å². The summed E-state index contributed by atoms with van der Waals surface area (Å²) in [6, 6.07) is 0. The zero-order valence-corrected chi connectivity index (χ0v) is 7.65. The van der Waals surface area contributed by atoms with Crippen molar-refractivity contribution >= 4 is 29.1 Å². The number of thioether (sulfide) groups is 1. The Labute approximate surface area is 75.1 Å². The topological polar surface area (TPSA) is 63.2 Å². The van der Waals surface area contributed by atoms with Crippen molar-refractivity contribution in [2.75, 3.05) is 12.3 Å². The molecule has 0 aliphatic rings. The molecular formula is C7H11NO3S. The van der Waals surface area contributed by atoms with Crippen LogP contribution in [0.15, 0.2) is 0 Å². The number of amides is 1. The molecule has 4 nitrogen and oxygen atoms in total. The zero-order valence-electron chi connectivity index (χ0n) is 6.83. The molecule has 0 radical (unpaired) electrons. The van der Waals surface area contributed by atoms with E-state index in [1.54, 1.807) is 0 Å². The Bertz CT molecular complexity index is 181. The van der Waals surface area contributed by atoms with Crippen molar-refractivity contribution in [3.63, 3.8) is 0 Å². The van der Waals surface area contributed by atoms with Gasteiger partial charge in [0.1, 0.15) is 6.29 Å². The second kappa shape index (κ2) is 6.84. The van der Waals surface area contributed by atoms with E-state index in [0.717, 1.165) is 11.8 Å². The lowest BCUT2D eigenvalue weighted by atomic mass is 10.5. The summed E-state index contributed by atoms with van der Waals surface area (Å²) in [5, 5.41) is 2.39. The molecule has 12 heavy (non-hydrogen) atoms. The maximum absolute atomic E-state index is 10.7. The van der Waals surface area contributed by atoms with Crippen LogP contribution in [0.2, 0.25) is 0 Å². The highest BCUT2D eigenvalue weighted by Crippen LogP contribution is 2.01. The monoisotopic (exact) mass is 189 g/mol. The largest absolute Gasteiger partial charge is 0.356 e. The van der Waals surface area contributed by atoms with Crippen LogP contribution >= 0.6 is 11.8 Å². The van der Waals surface area contributed by atoms with E-state index in [0.29, 0.717) is 18.6 Å². The third-order valence-corrected chi connectivity index (χ3v) is 1.89. The van der Waals surface area contributed by atoms with Gasteiger partial charge in [-0.2, -0.15) is 0 Å². The van der Waals surface area contributed by atoms with Crippen molar-refractivity contribution < 1.29 is 14.4 Å². The minimum atomic E-state index is -0.157. The molecule has 0 aliphatic heterocycles. The second-order valence-electron chi connectivity index (χ2n) is 2.07. The Morgan fingerprint density at radius 1 is 1.50 bits per heavy atom. The Morgan fingerprint density at radius 3 is 2.67 bits per heavy atom. The normalized spacial score (nSPS) is 9.08. The third kappa shape index (κ3) is 7.27. The molecule has 0 saturated heterocycles. The van der Waals surface area contributed by atoms with Crippen LogP contribution < -0.4 is 5.32 Å². The number of aldehydes is 1. The molecule has 0 atom stereocenters. The van der Waals surface area contributed by atoms with E-state index in [9.17, 15) is 14.4 Å². The van der Waals surface area contributed by atoms with Gasteiger partial charge < -0.3 is 10.1 Å². The molecule has 5 heteroatoms. The quantitative estimate of drug-likeness (QED) is 0.375. The van der Waals surface area contributed by atoms with Gasteiger partial charge in [0.15, 0.2) is 5.12 Å². The first-order chi connectivity index (χ1) is 5.66. The molecule has 0 aromatic carbocycles. The highest BCUT2D eigenvalue weighted by atomic mass is 32.2. The van der Waals surface area contributed by atoms with Crippen molar-refractivity contribution in [2.24, 2.45) is 0 Å². The minimum absolute atomic E-state index is 0.0509. The summed E-state index contributed by atoms with van der Waals surface area (Å²) in [5.41, 5.74) is 0.